The molecule has 1 saturated heterocycles. The second-order valence-electron chi connectivity index (χ2n) is 7.53. The van der Waals surface area contributed by atoms with Gasteiger partial charge in [-0.15, -0.1) is 0 Å². The molecule has 0 amide bonds. The molecule has 0 aromatic carbocycles. The third kappa shape index (κ3) is 5.05. The molecule has 2 aliphatic rings. The fourth-order valence-corrected chi connectivity index (χ4v) is 4.23. The van der Waals surface area contributed by atoms with E-state index in [2.05, 4.69) is 16.0 Å². The van der Waals surface area contributed by atoms with Crippen molar-refractivity contribution in [3.8, 4) is 0 Å². The minimum absolute atomic E-state index is 0.139. The van der Waals surface area contributed by atoms with Gasteiger partial charge in [0.15, 0.2) is 0 Å². The molecule has 2 heterocycles. The summed E-state index contributed by atoms with van der Waals surface area (Å²) in [7, 11) is 3.50. The lowest BCUT2D eigenvalue weighted by molar-refractivity contribution is -0.141. The van der Waals surface area contributed by atoms with Crippen LogP contribution in [0.3, 0.4) is 0 Å². The Hall–Kier alpha value is -1.40. The van der Waals surface area contributed by atoms with Gasteiger partial charge in [-0.3, -0.25) is 19.3 Å². The van der Waals surface area contributed by atoms with Crippen LogP contribution in [-0.2, 0) is 23.1 Å². The van der Waals surface area contributed by atoms with Crippen LogP contribution >= 0.6 is 0 Å². The van der Waals surface area contributed by atoms with Crippen molar-refractivity contribution in [2.45, 2.75) is 51.0 Å². The third-order valence-corrected chi connectivity index (χ3v) is 5.58. The standard InChI is InChI=1S/C19H32N4O2/c1-21-13-17(19(20-21)16-7-4-3-5-8-16)14-22-9-6-10-23(12-11-22)15-18(24)25-2/h13,16H,3-12,14-15H2,1-2H3. The van der Waals surface area contributed by atoms with Crippen LogP contribution in [0.1, 0.15) is 55.7 Å². The number of esters is 1. The Morgan fingerprint density at radius 3 is 2.60 bits per heavy atom. The van der Waals surface area contributed by atoms with Crippen LogP contribution in [0.4, 0.5) is 0 Å². The van der Waals surface area contributed by atoms with Crippen LogP contribution in [0.15, 0.2) is 6.20 Å². The summed E-state index contributed by atoms with van der Waals surface area (Å²) in [5.41, 5.74) is 2.73. The first-order valence-corrected chi connectivity index (χ1v) is 9.69. The van der Waals surface area contributed by atoms with Crippen LogP contribution in [0.25, 0.3) is 0 Å². The summed E-state index contributed by atoms with van der Waals surface area (Å²) in [5, 5.41) is 4.81. The predicted molar refractivity (Wildman–Crippen MR) is 97.4 cm³/mol. The molecule has 6 nitrogen and oxygen atoms in total. The molecule has 1 saturated carbocycles. The first-order chi connectivity index (χ1) is 12.2. The SMILES string of the molecule is COC(=O)CN1CCCN(Cc2cn(C)nc2C2CCCCC2)CC1. The van der Waals surface area contributed by atoms with Gasteiger partial charge in [-0.05, 0) is 25.8 Å². The van der Waals surface area contributed by atoms with Gasteiger partial charge in [0.2, 0.25) is 0 Å². The van der Waals surface area contributed by atoms with E-state index in [9.17, 15) is 4.79 Å². The normalized spacial score (nSPS) is 21.2. The summed E-state index contributed by atoms with van der Waals surface area (Å²) in [6.45, 7) is 5.35. The van der Waals surface area contributed by atoms with E-state index in [-0.39, 0.29) is 5.97 Å². The maximum atomic E-state index is 11.5. The van der Waals surface area contributed by atoms with Crippen molar-refractivity contribution in [3.63, 3.8) is 0 Å². The summed E-state index contributed by atoms with van der Waals surface area (Å²) in [6.07, 6.45) is 9.94. The van der Waals surface area contributed by atoms with Gasteiger partial charge < -0.3 is 4.74 Å². The summed E-state index contributed by atoms with van der Waals surface area (Å²) >= 11 is 0. The highest BCUT2D eigenvalue weighted by Gasteiger charge is 2.24. The Morgan fingerprint density at radius 1 is 1.12 bits per heavy atom. The van der Waals surface area contributed by atoms with Crippen LogP contribution in [0, 0.1) is 0 Å². The molecule has 6 heteroatoms. The van der Waals surface area contributed by atoms with E-state index >= 15 is 0 Å². The van der Waals surface area contributed by atoms with E-state index < -0.39 is 0 Å². The van der Waals surface area contributed by atoms with Gasteiger partial charge in [0, 0.05) is 50.9 Å². The number of ether oxygens (including phenoxy) is 1. The van der Waals surface area contributed by atoms with Gasteiger partial charge in [0.05, 0.1) is 19.3 Å². The Morgan fingerprint density at radius 2 is 1.84 bits per heavy atom. The predicted octanol–water partition coefficient (Wildman–Crippen LogP) is 2.15. The molecule has 0 atom stereocenters. The number of carbonyl (C=O) groups is 1. The zero-order valence-corrected chi connectivity index (χ0v) is 15.7. The lowest BCUT2D eigenvalue weighted by Gasteiger charge is -2.24. The minimum atomic E-state index is -0.139. The molecule has 0 spiro atoms. The number of methoxy groups -OCH3 is 1. The fraction of sp³-hybridized carbons (Fsp3) is 0.789. The van der Waals surface area contributed by atoms with E-state index in [1.165, 1.54) is 50.5 Å². The zero-order chi connectivity index (χ0) is 17.6. The maximum Gasteiger partial charge on any atom is 0.319 e. The van der Waals surface area contributed by atoms with E-state index in [0.29, 0.717) is 12.5 Å². The summed E-state index contributed by atoms with van der Waals surface area (Å²) in [5.74, 6) is 0.507. The molecule has 140 valence electrons. The Kier molecular flexibility index (Phi) is 6.48. The van der Waals surface area contributed by atoms with Gasteiger partial charge in [-0.1, -0.05) is 19.3 Å². The van der Waals surface area contributed by atoms with Crippen molar-refractivity contribution in [2.24, 2.45) is 7.05 Å². The summed E-state index contributed by atoms with van der Waals surface area (Å²) < 4.78 is 6.78. The molecule has 1 aliphatic carbocycles. The largest absolute Gasteiger partial charge is 0.468 e. The number of nitrogens with zero attached hydrogens (tertiary/aromatic N) is 4. The van der Waals surface area contributed by atoms with Crippen molar-refractivity contribution in [2.75, 3.05) is 39.8 Å². The zero-order valence-electron chi connectivity index (χ0n) is 15.7. The van der Waals surface area contributed by atoms with Gasteiger partial charge in [-0.2, -0.15) is 5.10 Å². The lowest BCUT2D eigenvalue weighted by atomic mass is 9.85. The highest BCUT2D eigenvalue weighted by atomic mass is 16.5. The van der Waals surface area contributed by atoms with Gasteiger partial charge >= 0.3 is 5.97 Å². The average Bonchev–Trinajstić information content (AvgIpc) is 2.85. The molecule has 0 bridgehead atoms. The highest BCUT2D eigenvalue weighted by Crippen LogP contribution is 2.33. The van der Waals surface area contributed by atoms with Crippen LogP contribution in [0.5, 0.6) is 0 Å². The molecule has 1 aromatic heterocycles. The molecule has 2 fully saturated rings. The monoisotopic (exact) mass is 348 g/mol. The highest BCUT2D eigenvalue weighted by molar-refractivity contribution is 5.71. The molecular formula is C19H32N4O2. The van der Waals surface area contributed by atoms with Crippen molar-refractivity contribution < 1.29 is 9.53 Å². The number of hydrogen-bond acceptors (Lipinski definition) is 5. The Bertz CT molecular complexity index is 566. The first-order valence-electron chi connectivity index (χ1n) is 9.69. The van der Waals surface area contributed by atoms with Crippen LogP contribution < -0.4 is 0 Å². The number of rotatable bonds is 5. The van der Waals surface area contributed by atoms with Gasteiger partial charge in [0.25, 0.3) is 0 Å². The smallest absolute Gasteiger partial charge is 0.319 e. The summed E-state index contributed by atoms with van der Waals surface area (Å²) in [6, 6.07) is 0. The lowest BCUT2D eigenvalue weighted by Crippen LogP contribution is -2.34. The molecule has 0 N–H and O–H groups in total. The number of aryl methyl sites for hydroxylation is 1. The summed E-state index contributed by atoms with van der Waals surface area (Å²) in [4.78, 5) is 16.2. The minimum Gasteiger partial charge on any atom is -0.468 e. The maximum absolute atomic E-state index is 11.5. The molecular weight excluding hydrogens is 316 g/mol. The number of carbonyl (C=O) groups excluding carboxylic acids is 1. The first kappa shape index (κ1) is 18.4. The Balaban J connectivity index is 1.59. The van der Waals surface area contributed by atoms with Crippen molar-refractivity contribution >= 4 is 5.97 Å². The molecule has 3 rings (SSSR count). The third-order valence-electron chi connectivity index (χ3n) is 5.58. The molecule has 1 aromatic rings. The van der Waals surface area contributed by atoms with Crippen molar-refractivity contribution in [1.82, 2.24) is 19.6 Å². The average molecular weight is 348 g/mol. The van der Waals surface area contributed by atoms with Crippen LogP contribution in [-0.4, -0.2) is 65.4 Å². The van der Waals surface area contributed by atoms with Gasteiger partial charge in [0.1, 0.15) is 0 Å². The Labute approximate surface area is 151 Å². The molecule has 1 aliphatic heterocycles. The fourth-order valence-electron chi connectivity index (χ4n) is 4.23. The van der Waals surface area contributed by atoms with E-state index in [4.69, 9.17) is 9.84 Å². The quantitative estimate of drug-likeness (QED) is 0.763. The van der Waals surface area contributed by atoms with Gasteiger partial charge in [-0.25, -0.2) is 0 Å². The van der Waals surface area contributed by atoms with Crippen molar-refractivity contribution in [1.29, 1.82) is 0 Å². The molecule has 0 radical (unpaired) electrons. The van der Waals surface area contributed by atoms with Crippen LogP contribution in [0.2, 0.25) is 0 Å². The van der Waals surface area contributed by atoms with E-state index in [1.54, 1.807) is 0 Å². The number of aromatic nitrogens is 2. The van der Waals surface area contributed by atoms with E-state index in [0.717, 1.165) is 39.1 Å². The molecule has 25 heavy (non-hydrogen) atoms. The van der Waals surface area contributed by atoms with Crippen molar-refractivity contribution in [3.05, 3.63) is 17.5 Å². The number of hydrogen-bond donors (Lipinski definition) is 0. The topological polar surface area (TPSA) is 50.6 Å². The second kappa shape index (κ2) is 8.81. The molecule has 0 unspecified atom stereocenters. The second-order valence-corrected chi connectivity index (χ2v) is 7.53. The van der Waals surface area contributed by atoms with E-state index in [1.807, 2.05) is 11.7 Å².